The molecule has 0 saturated carbocycles. The summed E-state index contributed by atoms with van der Waals surface area (Å²) in [5.74, 6) is -0.0127. The molecule has 0 aliphatic carbocycles. The minimum Gasteiger partial charge on any atom is -0.325 e. The van der Waals surface area contributed by atoms with Crippen molar-refractivity contribution in [2.45, 2.75) is 16.6 Å². The second-order valence-electron chi connectivity index (χ2n) is 4.60. The maximum absolute atomic E-state index is 12.3. The molecule has 0 saturated heterocycles. The number of hydrogen-bond acceptors (Lipinski definition) is 3. The van der Waals surface area contributed by atoms with Gasteiger partial charge >= 0.3 is 0 Å². The molecule has 0 aromatic heterocycles. The predicted octanol–water partition coefficient (Wildman–Crippen LogP) is 3.21. The molecule has 4 heteroatoms. The van der Waals surface area contributed by atoms with Gasteiger partial charge in [0.1, 0.15) is 0 Å². The Bertz CT molecular complexity index is 681. The zero-order valence-corrected chi connectivity index (χ0v) is 11.5. The Labute approximate surface area is 121 Å². The van der Waals surface area contributed by atoms with Crippen molar-refractivity contribution in [2.24, 2.45) is 0 Å². The van der Waals surface area contributed by atoms with Crippen LogP contribution < -0.4 is 5.32 Å². The lowest BCUT2D eigenvalue weighted by molar-refractivity contribution is -0.115. The van der Waals surface area contributed by atoms with Crippen LogP contribution in [-0.2, 0) is 11.2 Å². The quantitative estimate of drug-likeness (QED) is 0.919. The van der Waals surface area contributed by atoms with Gasteiger partial charge in [0.05, 0.1) is 16.9 Å². The van der Waals surface area contributed by atoms with Gasteiger partial charge in [-0.15, -0.1) is 11.8 Å². The smallest absolute Gasteiger partial charge is 0.238 e. The lowest BCUT2D eigenvalue weighted by Crippen LogP contribution is -2.24. The van der Waals surface area contributed by atoms with Gasteiger partial charge in [-0.05, 0) is 36.2 Å². The van der Waals surface area contributed by atoms with E-state index in [4.69, 9.17) is 5.26 Å². The first-order valence-corrected chi connectivity index (χ1v) is 7.20. The molecular weight excluding hydrogens is 268 g/mol. The monoisotopic (exact) mass is 280 g/mol. The number of nitrogens with zero attached hydrogens (tertiary/aromatic N) is 1. The Morgan fingerprint density at radius 3 is 2.90 bits per heavy atom. The van der Waals surface area contributed by atoms with Gasteiger partial charge in [0.25, 0.3) is 0 Å². The second-order valence-corrected chi connectivity index (χ2v) is 5.84. The maximum Gasteiger partial charge on any atom is 0.238 e. The average Bonchev–Trinajstić information content (AvgIpc) is 2.91. The molecule has 98 valence electrons. The van der Waals surface area contributed by atoms with E-state index in [0.717, 1.165) is 6.42 Å². The van der Waals surface area contributed by atoms with E-state index >= 15 is 0 Å². The minimum absolute atomic E-state index is 0.0127. The highest BCUT2D eigenvalue weighted by molar-refractivity contribution is 8.01. The number of thioether (sulfide) groups is 1. The molecule has 3 nitrogen and oxygen atoms in total. The molecule has 1 heterocycles. The summed E-state index contributed by atoms with van der Waals surface area (Å²) in [5, 5.41) is 11.6. The van der Waals surface area contributed by atoms with Gasteiger partial charge in [-0.2, -0.15) is 5.26 Å². The van der Waals surface area contributed by atoms with Crippen molar-refractivity contribution < 1.29 is 4.79 Å². The SMILES string of the molecule is N#Cc1cccc(NC(=O)C2Cc3ccccc3S2)c1. The van der Waals surface area contributed by atoms with E-state index in [1.54, 1.807) is 36.0 Å². The van der Waals surface area contributed by atoms with Gasteiger partial charge in [-0.3, -0.25) is 4.79 Å². The number of nitriles is 1. The summed E-state index contributed by atoms with van der Waals surface area (Å²) >= 11 is 1.60. The van der Waals surface area contributed by atoms with E-state index < -0.39 is 0 Å². The fraction of sp³-hybridized carbons (Fsp3) is 0.125. The van der Waals surface area contributed by atoms with Crippen LogP contribution in [0.15, 0.2) is 53.4 Å². The first-order chi connectivity index (χ1) is 9.76. The van der Waals surface area contributed by atoms with Gasteiger partial charge in [-0.1, -0.05) is 24.3 Å². The van der Waals surface area contributed by atoms with E-state index in [9.17, 15) is 4.79 Å². The van der Waals surface area contributed by atoms with Gasteiger partial charge in [0, 0.05) is 10.6 Å². The fourth-order valence-corrected chi connectivity index (χ4v) is 3.41. The molecule has 0 radical (unpaired) electrons. The fourth-order valence-electron chi connectivity index (χ4n) is 2.22. The zero-order valence-electron chi connectivity index (χ0n) is 10.7. The van der Waals surface area contributed by atoms with Crippen molar-refractivity contribution in [1.29, 1.82) is 5.26 Å². The van der Waals surface area contributed by atoms with E-state index in [1.165, 1.54) is 10.5 Å². The average molecular weight is 280 g/mol. The van der Waals surface area contributed by atoms with E-state index in [1.807, 2.05) is 18.2 Å². The van der Waals surface area contributed by atoms with Crippen LogP contribution in [0.4, 0.5) is 5.69 Å². The standard InChI is InChI=1S/C16H12N2OS/c17-10-11-4-3-6-13(8-11)18-16(19)15-9-12-5-1-2-7-14(12)20-15/h1-8,15H,9H2,(H,18,19). The summed E-state index contributed by atoms with van der Waals surface area (Å²) in [4.78, 5) is 13.4. The topological polar surface area (TPSA) is 52.9 Å². The van der Waals surface area contributed by atoms with Crippen LogP contribution in [0.2, 0.25) is 0 Å². The molecule has 3 rings (SSSR count). The highest BCUT2D eigenvalue weighted by Crippen LogP contribution is 2.37. The molecule has 1 unspecified atom stereocenters. The maximum atomic E-state index is 12.3. The summed E-state index contributed by atoms with van der Waals surface area (Å²) < 4.78 is 0. The van der Waals surface area contributed by atoms with Gasteiger partial charge in [-0.25, -0.2) is 0 Å². The number of rotatable bonds is 2. The Hall–Kier alpha value is -2.25. The molecule has 20 heavy (non-hydrogen) atoms. The molecule has 1 N–H and O–H groups in total. The minimum atomic E-state index is -0.0989. The highest BCUT2D eigenvalue weighted by Gasteiger charge is 2.27. The third kappa shape index (κ3) is 2.54. The van der Waals surface area contributed by atoms with Crippen LogP contribution in [0.3, 0.4) is 0 Å². The van der Waals surface area contributed by atoms with Gasteiger partial charge < -0.3 is 5.32 Å². The zero-order chi connectivity index (χ0) is 13.9. The van der Waals surface area contributed by atoms with Crippen molar-refractivity contribution >= 4 is 23.4 Å². The summed E-state index contributed by atoms with van der Waals surface area (Å²) in [6, 6.07) is 17.1. The molecule has 1 atom stereocenters. The van der Waals surface area contributed by atoms with Crippen molar-refractivity contribution in [3.8, 4) is 6.07 Å². The number of amides is 1. The molecule has 0 fully saturated rings. The molecule has 1 aliphatic rings. The van der Waals surface area contributed by atoms with E-state index in [2.05, 4.69) is 17.5 Å². The summed E-state index contributed by atoms with van der Waals surface area (Å²) in [7, 11) is 0. The van der Waals surface area contributed by atoms with Crippen molar-refractivity contribution in [2.75, 3.05) is 5.32 Å². The molecule has 2 aromatic carbocycles. The molecule has 0 bridgehead atoms. The van der Waals surface area contributed by atoms with Crippen molar-refractivity contribution in [3.63, 3.8) is 0 Å². The Kier molecular flexibility index (Phi) is 3.44. The number of anilines is 1. The number of hydrogen-bond donors (Lipinski definition) is 1. The van der Waals surface area contributed by atoms with E-state index in [-0.39, 0.29) is 11.2 Å². The number of fused-ring (bicyclic) bond motifs is 1. The lowest BCUT2D eigenvalue weighted by Gasteiger charge is -2.10. The van der Waals surface area contributed by atoms with Gasteiger partial charge in [0.15, 0.2) is 0 Å². The number of carbonyl (C=O) groups is 1. The van der Waals surface area contributed by atoms with E-state index in [0.29, 0.717) is 11.3 Å². The third-order valence-corrected chi connectivity index (χ3v) is 4.52. The highest BCUT2D eigenvalue weighted by atomic mass is 32.2. The van der Waals surface area contributed by atoms with Crippen LogP contribution in [0.25, 0.3) is 0 Å². The first-order valence-electron chi connectivity index (χ1n) is 6.32. The Balaban J connectivity index is 1.71. The van der Waals surface area contributed by atoms with Crippen LogP contribution >= 0.6 is 11.8 Å². The summed E-state index contributed by atoms with van der Waals surface area (Å²) in [6.07, 6.45) is 0.755. The molecule has 2 aromatic rings. The molecule has 1 amide bonds. The van der Waals surface area contributed by atoms with Crippen LogP contribution in [0, 0.1) is 11.3 Å². The summed E-state index contributed by atoms with van der Waals surface area (Å²) in [5.41, 5.74) is 2.44. The van der Waals surface area contributed by atoms with Crippen molar-refractivity contribution in [3.05, 3.63) is 59.7 Å². The van der Waals surface area contributed by atoms with Crippen LogP contribution in [0.5, 0.6) is 0 Å². The summed E-state index contributed by atoms with van der Waals surface area (Å²) in [6.45, 7) is 0. The third-order valence-electron chi connectivity index (χ3n) is 3.20. The second kappa shape index (κ2) is 5.40. The largest absolute Gasteiger partial charge is 0.325 e. The predicted molar refractivity (Wildman–Crippen MR) is 79.6 cm³/mol. The normalized spacial score (nSPS) is 16.2. The first kappa shape index (κ1) is 12.8. The van der Waals surface area contributed by atoms with Crippen LogP contribution in [-0.4, -0.2) is 11.2 Å². The van der Waals surface area contributed by atoms with Gasteiger partial charge in [0.2, 0.25) is 5.91 Å². The number of nitrogens with one attached hydrogen (secondary N) is 1. The number of carbonyl (C=O) groups excluding carboxylic acids is 1. The van der Waals surface area contributed by atoms with Crippen LogP contribution in [0.1, 0.15) is 11.1 Å². The molecule has 0 spiro atoms. The number of benzene rings is 2. The lowest BCUT2D eigenvalue weighted by atomic mass is 10.1. The molecule has 1 aliphatic heterocycles. The molecular formula is C16H12N2OS. The Morgan fingerprint density at radius 1 is 1.25 bits per heavy atom. The Morgan fingerprint density at radius 2 is 2.10 bits per heavy atom. The van der Waals surface area contributed by atoms with Crippen molar-refractivity contribution in [1.82, 2.24) is 0 Å².